The number of nitrogen functional groups attached to an aromatic ring is 1. The Bertz CT molecular complexity index is 474. The van der Waals surface area contributed by atoms with Gasteiger partial charge in [0, 0.05) is 5.56 Å². The van der Waals surface area contributed by atoms with Crippen LogP contribution in [0.3, 0.4) is 0 Å². The van der Waals surface area contributed by atoms with Crippen molar-refractivity contribution >= 4 is 5.69 Å². The van der Waals surface area contributed by atoms with Crippen molar-refractivity contribution < 1.29 is 5.11 Å². The van der Waals surface area contributed by atoms with E-state index in [1.807, 2.05) is 6.07 Å². The quantitative estimate of drug-likeness (QED) is 0.570. The zero-order chi connectivity index (χ0) is 15.2. The first kappa shape index (κ1) is 15.9. The summed E-state index contributed by atoms with van der Waals surface area (Å²) in [7, 11) is 0. The van der Waals surface area contributed by atoms with Crippen molar-refractivity contribution in [2.24, 2.45) is 0 Å². The molecule has 0 spiro atoms. The van der Waals surface area contributed by atoms with Gasteiger partial charge in [-0.05, 0) is 33.9 Å². The summed E-state index contributed by atoms with van der Waals surface area (Å²) in [6, 6.07) is 1.94. The SMILES string of the molecule is CC(C)c1c(C(C)(C)C)cc(N)c(O)c1C(C)(C)C. The fourth-order valence-electron chi connectivity index (χ4n) is 2.69. The zero-order valence-electron chi connectivity index (χ0n) is 13.7. The van der Waals surface area contributed by atoms with Gasteiger partial charge in [-0.15, -0.1) is 0 Å². The van der Waals surface area contributed by atoms with Gasteiger partial charge < -0.3 is 10.8 Å². The molecule has 0 saturated heterocycles. The van der Waals surface area contributed by atoms with Gasteiger partial charge in [0.2, 0.25) is 0 Å². The van der Waals surface area contributed by atoms with Gasteiger partial charge >= 0.3 is 0 Å². The molecule has 0 aliphatic carbocycles. The smallest absolute Gasteiger partial charge is 0.142 e. The molecule has 2 heteroatoms. The molecule has 0 bridgehead atoms. The van der Waals surface area contributed by atoms with Gasteiger partial charge in [-0.1, -0.05) is 55.4 Å². The van der Waals surface area contributed by atoms with Gasteiger partial charge in [0.05, 0.1) is 5.69 Å². The van der Waals surface area contributed by atoms with Crippen molar-refractivity contribution in [2.45, 2.75) is 72.1 Å². The van der Waals surface area contributed by atoms with E-state index in [1.165, 1.54) is 11.1 Å². The number of aromatic hydroxyl groups is 1. The van der Waals surface area contributed by atoms with Crippen LogP contribution in [0.1, 0.15) is 78.0 Å². The van der Waals surface area contributed by atoms with Crippen molar-refractivity contribution in [2.75, 3.05) is 5.73 Å². The van der Waals surface area contributed by atoms with Crippen LogP contribution in [0.2, 0.25) is 0 Å². The molecule has 19 heavy (non-hydrogen) atoms. The lowest BCUT2D eigenvalue weighted by molar-refractivity contribution is 0.442. The van der Waals surface area contributed by atoms with Crippen molar-refractivity contribution in [1.29, 1.82) is 0 Å². The van der Waals surface area contributed by atoms with E-state index >= 15 is 0 Å². The summed E-state index contributed by atoms with van der Waals surface area (Å²) in [5.41, 5.74) is 9.88. The molecule has 0 heterocycles. The molecule has 1 aromatic rings. The minimum atomic E-state index is -0.126. The first-order valence-corrected chi connectivity index (χ1v) is 7.03. The predicted octanol–water partition coefficient (Wildman–Crippen LogP) is 4.69. The zero-order valence-corrected chi connectivity index (χ0v) is 13.7. The highest BCUT2D eigenvalue weighted by molar-refractivity contribution is 5.65. The van der Waals surface area contributed by atoms with E-state index in [0.717, 1.165) is 5.56 Å². The van der Waals surface area contributed by atoms with Crippen LogP contribution in [0.15, 0.2) is 6.07 Å². The Balaban J connectivity index is 3.84. The topological polar surface area (TPSA) is 46.2 Å². The molecular weight excluding hydrogens is 234 g/mol. The van der Waals surface area contributed by atoms with Crippen LogP contribution in [0.5, 0.6) is 5.75 Å². The molecule has 1 rings (SSSR count). The number of phenols is 1. The Morgan fingerprint density at radius 3 is 1.79 bits per heavy atom. The molecule has 0 aliphatic heterocycles. The van der Waals surface area contributed by atoms with Crippen molar-refractivity contribution in [1.82, 2.24) is 0 Å². The Hall–Kier alpha value is -1.18. The minimum Gasteiger partial charge on any atom is -0.505 e. The molecule has 0 fully saturated rings. The Labute approximate surface area is 118 Å². The first-order valence-electron chi connectivity index (χ1n) is 7.03. The summed E-state index contributed by atoms with van der Waals surface area (Å²) in [5, 5.41) is 10.4. The van der Waals surface area contributed by atoms with Gasteiger partial charge in [-0.2, -0.15) is 0 Å². The summed E-state index contributed by atoms with van der Waals surface area (Å²) in [6.45, 7) is 17.3. The number of anilines is 1. The van der Waals surface area contributed by atoms with Crippen LogP contribution in [0.25, 0.3) is 0 Å². The van der Waals surface area contributed by atoms with E-state index in [4.69, 9.17) is 5.73 Å². The highest BCUT2D eigenvalue weighted by atomic mass is 16.3. The maximum Gasteiger partial charge on any atom is 0.142 e. The van der Waals surface area contributed by atoms with Crippen LogP contribution in [-0.2, 0) is 10.8 Å². The summed E-state index contributed by atoms with van der Waals surface area (Å²) >= 11 is 0. The molecule has 0 aromatic heterocycles. The highest BCUT2D eigenvalue weighted by Gasteiger charge is 2.30. The average molecular weight is 263 g/mol. The molecule has 3 N–H and O–H groups in total. The molecule has 2 nitrogen and oxygen atoms in total. The van der Waals surface area contributed by atoms with Crippen LogP contribution < -0.4 is 5.73 Å². The van der Waals surface area contributed by atoms with E-state index in [1.54, 1.807) is 0 Å². The standard InChI is InChI=1S/C17H29NO/c1-10(2)13-11(16(3,4)5)9-12(18)15(19)14(13)17(6,7)8/h9-10,19H,18H2,1-8H3. The second kappa shape index (κ2) is 4.73. The van der Waals surface area contributed by atoms with Crippen LogP contribution in [-0.4, -0.2) is 5.11 Å². The summed E-state index contributed by atoms with van der Waals surface area (Å²) in [6.07, 6.45) is 0. The fraction of sp³-hybridized carbons (Fsp3) is 0.647. The molecule has 1 aromatic carbocycles. The largest absolute Gasteiger partial charge is 0.505 e. The van der Waals surface area contributed by atoms with Crippen LogP contribution >= 0.6 is 0 Å². The minimum absolute atomic E-state index is 0.0153. The van der Waals surface area contributed by atoms with Crippen molar-refractivity contribution in [3.63, 3.8) is 0 Å². The predicted molar refractivity (Wildman–Crippen MR) is 84.0 cm³/mol. The van der Waals surface area contributed by atoms with E-state index < -0.39 is 0 Å². The Morgan fingerprint density at radius 1 is 1.00 bits per heavy atom. The number of hydrogen-bond donors (Lipinski definition) is 2. The molecule has 0 atom stereocenters. The monoisotopic (exact) mass is 263 g/mol. The number of hydrogen-bond acceptors (Lipinski definition) is 2. The number of benzene rings is 1. The Kier molecular flexibility index (Phi) is 3.96. The van der Waals surface area contributed by atoms with Crippen molar-refractivity contribution in [3.05, 3.63) is 22.8 Å². The van der Waals surface area contributed by atoms with E-state index in [9.17, 15) is 5.11 Å². The number of rotatable bonds is 1. The van der Waals surface area contributed by atoms with Gasteiger partial charge in [0.25, 0.3) is 0 Å². The second-order valence-corrected chi connectivity index (χ2v) is 7.81. The van der Waals surface area contributed by atoms with Gasteiger partial charge in [-0.25, -0.2) is 0 Å². The molecule has 0 saturated carbocycles. The maximum atomic E-state index is 10.4. The lowest BCUT2D eigenvalue weighted by Gasteiger charge is -2.33. The molecular formula is C17H29NO. The summed E-state index contributed by atoms with van der Waals surface area (Å²) < 4.78 is 0. The molecule has 0 unspecified atom stereocenters. The average Bonchev–Trinajstić information content (AvgIpc) is 2.17. The molecule has 108 valence electrons. The summed E-state index contributed by atoms with van der Waals surface area (Å²) in [4.78, 5) is 0. The third kappa shape index (κ3) is 3.05. The van der Waals surface area contributed by atoms with Gasteiger partial charge in [-0.3, -0.25) is 0 Å². The van der Waals surface area contributed by atoms with E-state index in [2.05, 4.69) is 55.4 Å². The second-order valence-electron chi connectivity index (χ2n) is 7.81. The van der Waals surface area contributed by atoms with E-state index in [0.29, 0.717) is 11.6 Å². The lowest BCUT2D eigenvalue weighted by Crippen LogP contribution is -2.22. The third-order valence-corrected chi connectivity index (χ3v) is 3.50. The third-order valence-electron chi connectivity index (χ3n) is 3.50. The lowest BCUT2D eigenvalue weighted by atomic mass is 9.72. The van der Waals surface area contributed by atoms with Crippen LogP contribution in [0.4, 0.5) is 5.69 Å². The van der Waals surface area contributed by atoms with Crippen LogP contribution in [0, 0.1) is 0 Å². The molecule has 0 amide bonds. The van der Waals surface area contributed by atoms with Gasteiger partial charge in [0.1, 0.15) is 5.75 Å². The maximum absolute atomic E-state index is 10.4. The Morgan fingerprint density at radius 2 is 1.47 bits per heavy atom. The summed E-state index contributed by atoms with van der Waals surface area (Å²) in [5.74, 6) is 0.610. The van der Waals surface area contributed by atoms with Gasteiger partial charge in [0.15, 0.2) is 0 Å². The first-order chi connectivity index (χ1) is 8.37. The fourth-order valence-corrected chi connectivity index (χ4v) is 2.69. The van der Waals surface area contributed by atoms with Crippen molar-refractivity contribution in [3.8, 4) is 5.75 Å². The van der Waals surface area contributed by atoms with E-state index in [-0.39, 0.29) is 16.6 Å². The number of phenolic OH excluding ortho intramolecular Hbond substituents is 1. The molecule has 0 aliphatic rings. The highest BCUT2D eigenvalue weighted by Crippen LogP contribution is 2.45. The normalized spacial score (nSPS) is 13.1. The number of nitrogens with two attached hydrogens (primary N) is 1. The molecule has 0 radical (unpaired) electrons.